The molecule has 0 amide bonds. The number of fused-ring (bicyclic) bond motifs is 1. The molecular formula is C16H15BrN4O2S2. The van der Waals surface area contributed by atoms with E-state index in [0.29, 0.717) is 30.4 Å². The Labute approximate surface area is 158 Å². The van der Waals surface area contributed by atoms with Crippen molar-refractivity contribution in [2.45, 2.75) is 4.21 Å². The molecule has 1 saturated heterocycles. The summed E-state index contributed by atoms with van der Waals surface area (Å²) in [6, 6.07) is 11.1. The molecule has 2 aromatic heterocycles. The van der Waals surface area contributed by atoms with Crippen molar-refractivity contribution in [3.05, 3.63) is 46.4 Å². The van der Waals surface area contributed by atoms with Crippen LogP contribution in [0.3, 0.4) is 0 Å². The van der Waals surface area contributed by atoms with Gasteiger partial charge in [-0.3, -0.25) is 4.98 Å². The van der Waals surface area contributed by atoms with Crippen molar-refractivity contribution < 1.29 is 8.42 Å². The summed E-state index contributed by atoms with van der Waals surface area (Å²) in [5.74, 6) is 0.787. The third kappa shape index (κ3) is 3.29. The summed E-state index contributed by atoms with van der Waals surface area (Å²) in [6.07, 6.45) is 1.75. The fourth-order valence-electron chi connectivity index (χ4n) is 2.82. The molecule has 0 saturated carbocycles. The number of thiophene rings is 1. The van der Waals surface area contributed by atoms with E-state index < -0.39 is 10.0 Å². The van der Waals surface area contributed by atoms with Gasteiger partial charge < -0.3 is 4.90 Å². The first-order chi connectivity index (χ1) is 12.0. The second kappa shape index (κ2) is 6.64. The monoisotopic (exact) mass is 438 g/mol. The zero-order chi connectivity index (χ0) is 17.4. The van der Waals surface area contributed by atoms with E-state index in [0.717, 1.165) is 20.6 Å². The lowest BCUT2D eigenvalue weighted by Crippen LogP contribution is -2.48. The fourth-order valence-corrected chi connectivity index (χ4v) is 6.41. The normalized spacial score (nSPS) is 16.4. The zero-order valence-electron chi connectivity index (χ0n) is 13.2. The Kier molecular flexibility index (Phi) is 4.48. The van der Waals surface area contributed by atoms with Crippen LogP contribution in [0, 0.1) is 0 Å². The Morgan fingerprint density at radius 2 is 1.72 bits per heavy atom. The van der Waals surface area contributed by atoms with Gasteiger partial charge in [0.1, 0.15) is 10.0 Å². The number of rotatable bonds is 3. The summed E-state index contributed by atoms with van der Waals surface area (Å²) in [6.45, 7) is 2.07. The molecule has 1 aromatic carbocycles. The first kappa shape index (κ1) is 16.9. The number of aromatic nitrogens is 2. The molecule has 1 aliphatic heterocycles. The van der Waals surface area contributed by atoms with Gasteiger partial charge in [0.25, 0.3) is 10.0 Å². The molecule has 0 aliphatic carbocycles. The lowest BCUT2D eigenvalue weighted by Gasteiger charge is -2.34. The largest absolute Gasteiger partial charge is 0.353 e. The van der Waals surface area contributed by atoms with Gasteiger partial charge in [0, 0.05) is 26.2 Å². The van der Waals surface area contributed by atoms with Crippen LogP contribution in [-0.2, 0) is 10.0 Å². The summed E-state index contributed by atoms with van der Waals surface area (Å²) in [7, 11) is -3.42. The molecular weight excluding hydrogens is 424 g/mol. The van der Waals surface area contributed by atoms with Gasteiger partial charge >= 0.3 is 0 Å². The Balaban J connectivity index is 1.50. The predicted octanol–water partition coefficient (Wildman–Crippen LogP) is 2.96. The van der Waals surface area contributed by atoms with Crippen LogP contribution >= 0.6 is 27.3 Å². The molecule has 3 heterocycles. The molecule has 4 rings (SSSR count). The van der Waals surface area contributed by atoms with Gasteiger partial charge in [-0.15, -0.1) is 11.3 Å². The highest BCUT2D eigenvalue weighted by Gasteiger charge is 2.30. The number of piperazine rings is 1. The van der Waals surface area contributed by atoms with E-state index >= 15 is 0 Å². The van der Waals surface area contributed by atoms with Crippen molar-refractivity contribution in [1.82, 2.24) is 14.3 Å². The molecule has 0 radical (unpaired) electrons. The van der Waals surface area contributed by atoms with E-state index in [2.05, 4.69) is 30.8 Å². The Hall–Kier alpha value is -1.55. The lowest BCUT2D eigenvalue weighted by molar-refractivity contribution is 0.385. The molecule has 6 nitrogen and oxygen atoms in total. The smallest absolute Gasteiger partial charge is 0.252 e. The van der Waals surface area contributed by atoms with Gasteiger partial charge in [-0.2, -0.15) is 4.31 Å². The number of para-hydroxylation sites is 2. The van der Waals surface area contributed by atoms with Crippen molar-refractivity contribution in [3.63, 3.8) is 0 Å². The van der Waals surface area contributed by atoms with Gasteiger partial charge in [-0.1, -0.05) is 12.1 Å². The van der Waals surface area contributed by atoms with Crippen LogP contribution in [0.15, 0.2) is 50.6 Å². The maximum atomic E-state index is 12.7. The molecule has 0 atom stereocenters. The summed E-state index contributed by atoms with van der Waals surface area (Å²) in [5.41, 5.74) is 1.70. The lowest BCUT2D eigenvalue weighted by atomic mass is 10.3. The van der Waals surface area contributed by atoms with Crippen LogP contribution in [0.25, 0.3) is 11.0 Å². The van der Waals surface area contributed by atoms with E-state index in [1.54, 1.807) is 18.3 Å². The summed E-state index contributed by atoms with van der Waals surface area (Å²) in [5, 5.41) is 0. The topological polar surface area (TPSA) is 66.4 Å². The highest BCUT2D eigenvalue weighted by atomic mass is 79.9. The average molecular weight is 439 g/mol. The Bertz CT molecular complexity index is 1010. The van der Waals surface area contributed by atoms with Crippen molar-refractivity contribution in [1.29, 1.82) is 0 Å². The molecule has 0 N–H and O–H groups in total. The molecule has 25 heavy (non-hydrogen) atoms. The first-order valence-corrected chi connectivity index (χ1v) is 10.8. The van der Waals surface area contributed by atoms with Crippen LogP contribution in [0.4, 0.5) is 5.82 Å². The number of nitrogens with zero attached hydrogens (tertiary/aromatic N) is 4. The minimum Gasteiger partial charge on any atom is -0.353 e. The molecule has 0 bridgehead atoms. The molecule has 9 heteroatoms. The highest BCUT2D eigenvalue weighted by Crippen LogP contribution is 2.29. The second-order valence-electron chi connectivity index (χ2n) is 5.67. The maximum absolute atomic E-state index is 12.7. The summed E-state index contributed by atoms with van der Waals surface area (Å²) < 4.78 is 28.1. The van der Waals surface area contributed by atoms with Crippen molar-refractivity contribution in [2.24, 2.45) is 0 Å². The van der Waals surface area contributed by atoms with Crippen LogP contribution in [-0.4, -0.2) is 48.9 Å². The average Bonchev–Trinajstić information content (AvgIpc) is 3.09. The van der Waals surface area contributed by atoms with Gasteiger partial charge in [-0.05, 0) is 40.2 Å². The molecule has 130 valence electrons. The molecule has 0 unspecified atom stereocenters. The molecule has 1 fully saturated rings. The molecule has 1 aliphatic rings. The van der Waals surface area contributed by atoms with Crippen molar-refractivity contribution in [2.75, 3.05) is 31.1 Å². The van der Waals surface area contributed by atoms with E-state index in [4.69, 9.17) is 0 Å². The van der Waals surface area contributed by atoms with Crippen LogP contribution in [0.5, 0.6) is 0 Å². The molecule has 0 spiro atoms. The number of hydrogen-bond acceptors (Lipinski definition) is 6. The number of hydrogen-bond donors (Lipinski definition) is 0. The number of benzene rings is 1. The fraction of sp³-hybridized carbons (Fsp3) is 0.250. The quantitative estimate of drug-likeness (QED) is 0.628. The third-order valence-electron chi connectivity index (χ3n) is 4.14. The Morgan fingerprint density at radius 3 is 2.40 bits per heavy atom. The Morgan fingerprint density at radius 1 is 1.00 bits per heavy atom. The van der Waals surface area contributed by atoms with Gasteiger partial charge in [-0.25, -0.2) is 13.4 Å². The van der Waals surface area contributed by atoms with E-state index in [1.165, 1.54) is 15.6 Å². The van der Waals surface area contributed by atoms with Crippen molar-refractivity contribution >= 4 is 54.1 Å². The second-order valence-corrected chi connectivity index (χ2v) is 10.3. The predicted molar refractivity (Wildman–Crippen MR) is 103 cm³/mol. The van der Waals surface area contributed by atoms with Gasteiger partial charge in [0.15, 0.2) is 0 Å². The van der Waals surface area contributed by atoms with Crippen LogP contribution < -0.4 is 4.90 Å². The number of halogens is 1. The standard InChI is InChI=1S/C16H15BrN4O2S2/c17-14-5-6-16(24-14)25(22,23)21-9-7-20(8-10-21)15-11-18-12-3-1-2-4-13(12)19-15/h1-6,11H,7-10H2. The molecule has 3 aromatic rings. The number of sulfonamides is 1. The minimum atomic E-state index is -3.42. The zero-order valence-corrected chi connectivity index (χ0v) is 16.4. The first-order valence-electron chi connectivity index (χ1n) is 7.76. The van der Waals surface area contributed by atoms with Crippen LogP contribution in [0.2, 0.25) is 0 Å². The van der Waals surface area contributed by atoms with E-state index in [9.17, 15) is 8.42 Å². The van der Waals surface area contributed by atoms with Gasteiger partial charge in [0.2, 0.25) is 0 Å². The SMILES string of the molecule is O=S(=O)(c1ccc(Br)s1)N1CCN(c2cnc3ccccc3n2)CC1. The number of anilines is 1. The van der Waals surface area contributed by atoms with Crippen LogP contribution in [0.1, 0.15) is 0 Å². The highest BCUT2D eigenvalue weighted by molar-refractivity contribution is 9.11. The minimum absolute atomic E-state index is 0.373. The van der Waals surface area contributed by atoms with Crippen molar-refractivity contribution in [3.8, 4) is 0 Å². The summed E-state index contributed by atoms with van der Waals surface area (Å²) >= 11 is 4.56. The van der Waals surface area contributed by atoms with E-state index in [1.807, 2.05) is 24.3 Å². The third-order valence-corrected chi connectivity index (χ3v) is 8.13. The van der Waals surface area contributed by atoms with Gasteiger partial charge in [0.05, 0.1) is 21.0 Å². The summed E-state index contributed by atoms with van der Waals surface area (Å²) in [4.78, 5) is 11.2. The maximum Gasteiger partial charge on any atom is 0.252 e. The van der Waals surface area contributed by atoms with E-state index in [-0.39, 0.29) is 0 Å².